The van der Waals surface area contributed by atoms with E-state index in [9.17, 15) is 9.59 Å². The Labute approximate surface area is 167 Å². The molecule has 0 spiro atoms. The average molecular weight is 434 g/mol. The lowest BCUT2D eigenvalue weighted by molar-refractivity contribution is 0.0969. The molecule has 0 aliphatic carbocycles. The van der Waals surface area contributed by atoms with Gasteiger partial charge in [-0.3, -0.25) is 14.5 Å². The van der Waals surface area contributed by atoms with E-state index < -0.39 is 11.9 Å². The van der Waals surface area contributed by atoms with E-state index in [1.165, 1.54) is 4.90 Å². The van der Waals surface area contributed by atoms with Crippen LogP contribution in [0.5, 0.6) is 0 Å². The van der Waals surface area contributed by atoms with Gasteiger partial charge in [0, 0.05) is 16.9 Å². The zero-order chi connectivity index (χ0) is 19.3. The maximum Gasteiger partial charge on any atom is 0.297 e. The quantitative estimate of drug-likeness (QED) is 0.475. The first kappa shape index (κ1) is 16.8. The molecule has 2 aromatic carbocycles. The van der Waals surface area contributed by atoms with Crippen LogP contribution >= 0.6 is 15.9 Å². The van der Waals surface area contributed by atoms with E-state index in [1.807, 2.05) is 24.3 Å². The van der Waals surface area contributed by atoms with Gasteiger partial charge in [0.15, 0.2) is 5.43 Å². The summed E-state index contributed by atoms with van der Waals surface area (Å²) in [5, 5.41) is 0.435. The number of hydrogen-bond donors (Lipinski definition) is 0. The van der Waals surface area contributed by atoms with Crippen molar-refractivity contribution in [3.05, 3.63) is 98.6 Å². The molecule has 3 heterocycles. The van der Waals surface area contributed by atoms with E-state index >= 15 is 0 Å². The summed E-state index contributed by atoms with van der Waals surface area (Å²) in [5.74, 6) is -0.192. The highest BCUT2D eigenvalue weighted by Gasteiger charge is 2.44. The Hall–Kier alpha value is -3.32. The third kappa shape index (κ3) is 2.47. The second-order valence-electron chi connectivity index (χ2n) is 6.35. The average Bonchev–Trinajstić information content (AvgIpc) is 3.02. The molecule has 0 saturated heterocycles. The zero-order valence-corrected chi connectivity index (χ0v) is 16.0. The highest BCUT2D eigenvalue weighted by Crippen LogP contribution is 2.40. The molecule has 1 aliphatic heterocycles. The molecule has 0 fully saturated rings. The fourth-order valence-corrected chi connectivity index (χ4v) is 3.95. The Morgan fingerprint density at radius 3 is 2.54 bits per heavy atom. The van der Waals surface area contributed by atoms with Crippen LogP contribution in [0.25, 0.3) is 11.0 Å². The summed E-state index contributed by atoms with van der Waals surface area (Å²) in [5.41, 5.74) is 1.21. The number of para-hydroxylation sites is 1. The minimum Gasteiger partial charge on any atom is -0.450 e. The summed E-state index contributed by atoms with van der Waals surface area (Å²) in [6.45, 7) is 0. The lowest BCUT2D eigenvalue weighted by atomic mass is 9.99. The van der Waals surface area contributed by atoms with Gasteiger partial charge in [-0.1, -0.05) is 40.2 Å². The molecule has 6 nitrogen and oxygen atoms in total. The third-order valence-corrected chi connectivity index (χ3v) is 5.20. The summed E-state index contributed by atoms with van der Waals surface area (Å²) < 4.78 is 6.71. The molecule has 1 amide bonds. The molecule has 1 aliphatic rings. The molecule has 7 heteroatoms. The number of aromatic nitrogens is 2. The summed E-state index contributed by atoms with van der Waals surface area (Å²) in [6.07, 6.45) is 3.12. The van der Waals surface area contributed by atoms with Crippen LogP contribution in [0, 0.1) is 0 Å². The first-order valence-electron chi connectivity index (χ1n) is 8.57. The van der Waals surface area contributed by atoms with Crippen LogP contribution in [0.15, 0.2) is 80.7 Å². The highest BCUT2D eigenvalue weighted by molar-refractivity contribution is 9.10. The minimum absolute atomic E-state index is 0.0288. The van der Waals surface area contributed by atoms with Gasteiger partial charge >= 0.3 is 0 Å². The second kappa shape index (κ2) is 6.38. The Balaban J connectivity index is 1.84. The number of anilines is 1. The third-order valence-electron chi connectivity index (χ3n) is 4.71. The number of halogens is 1. The van der Waals surface area contributed by atoms with Crippen LogP contribution in [0.3, 0.4) is 0 Å². The maximum atomic E-state index is 13.3. The van der Waals surface area contributed by atoms with Crippen molar-refractivity contribution in [1.82, 2.24) is 9.97 Å². The van der Waals surface area contributed by atoms with E-state index in [4.69, 9.17) is 4.42 Å². The predicted octanol–water partition coefficient (Wildman–Crippen LogP) is 4.10. The molecular weight excluding hydrogens is 422 g/mol. The van der Waals surface area contributed by atoms with Crippen LogP contribution in [-0.4, -0.2) is 15.9 Å². The van der Waals surface area contributed by atoms with E-state index in [2.05, 4.69) is 25.9 Å². The number of rotatable bonds is 2. The van der Waals surface area contributed by atoms with Gasteiger partial charge in [-0.25, -0.2) is 9.97 Å². The largest absolute Gasteiger partial charge is 0.450 e. The molecule has 0 N–H and O–H groups in total. The van der Waals surface area contributed by atoms with Gasteiger partial charge in [-0.15, -0.1) is 0 Å². The maximum absolute atomic E-state index is 13.3. The van der Waals surface area contributed by atoms with Crippen molar-refractivity contribution in [2.75, 3.05) is 4.90 Å². The number of nitrogens with zero attached hydrogens (tertiary/aromatic N) is 3. The van der Waals surface area contributed by atoms with E-state index in [0.717, 1.165) is 10.0 Å². The first-order valence-corrected chi connectivity index (χ1v) is 9.36. The molecular formula is C21H12BrN3O3. The van der Waals surface area contributed by atoms with Gasteiger partial charge in [0.2, 0.25) is 11.7 Å². The number of carbonyl (C=O) groups excluding carboxylic acids is 1. The molecule has 5 rings (SSSR count). The van der Waals surface area contributed by atoms with Crippen LogP contribution in [0.1, 0.15) is 27.7 Å². The monoisotopic (exact) mass is 433 g/mol. The van der Waals surface area contributed by atoms with Crippen molar-refractivity contribution in [1.29, 1.82) is 0 Å². The van der Waals surface area contributed by atoms with Crippen molar-refractivity contribution in [3.63, 3.8) is 0 Å². The standard InChI is InChI=1S/C21H12BrN3O3/c22-13-6-3-5-12(11-13)17-16-18(26)14-7-1-2-8-15(14)28-19(16)20(27)25(17)21-23-9-4-10-24-21/h1-11,17H. The summed E-state index contributed by atoms with van der Waals surface area (Å²) in [7, 11) is 0. The second-order valence-corrected chi connectivity index (χ2v) is 7.27. The number of amides is 1. The van der Waals surface area contributed by atoms with Gasteiger partial charge in [-0.2, -0.15) is 0 Å². The fraction of sp³-hybridized carbons (Fsp3) is 0.0476. The van der Waals surface area contributed by atoms with Gasteiger partial charge in [0.1, 0.15) is 5.58 Å². The molecule has 1 unspecified atom stereocenters. The van der Waals surface area contributed by atoms with Crippen LogP contribution in [0.2, 0.25) is 0 Å². The Morgan fingerprint density at radius 1 is 0.964 bits per heavy atom. The molecule has 0 radical (unpaired) electrons. The van der Waals surface area contributed by atoms with Gasteiger partial charge in [0.05, 0.1) is 17.0 Å². The highest BCUT2D eigenvalue weighted by atomic mass is 79.9. The van der Waals surface area contributed by atoms with Crippen molar-refractivity contribution in [2.45, 2.75) is 6.04 Å². The van der Waals surface area contributed by atoms with E-state index in [-0.39, 0.29) is 17.1 Å². The topological polar surface area (TPSA) is 76.3 Å². The molecule has 0 saturated carbocycles. The SMILES string of the molecule is O=C1c2oc3ccccc3c(=O)c2C(c2cccc(Br)c2)N1c1ncccn1. The number of carbonyl (C=O) groups is 1. The normalized spacial score (nSPS) is 15.8. The number of fused-ring (bicyclic) bond motifs is 2. The van der Waals surface area contributed by atoms with Gasteiger partial charge in [-0.05, 0) is 35.9 Å². The van der Waals surface area contributed by atoms with Gasteiger partial charge in [0.25, 0.3) is 5.91 Å². The lowest BCUT2D eigenvalue weighted by Crippen LogP contribution is -2.31. The van der Waals surface area contributed by atoms with Crippen molar-refractivity contribution in [3.8, 4) is 0 Å². The molecule has 2 aromatic heterocycles. The van der Waals surface area contributed by atoms with E-state index in [1.54, 1.807) is 42.7 Å². The van der Waals surface area contributed by atoms with Gasteiger partial charge < -0.3 is 4.42 Å². The van der Waals surface area contributed by atoms with Crippen molar-refractivity contribution >= 4 is 38.8 Å². The zero-order valence-electron chi connectivity index (χ0n) is 14.4. The predicted molar refractivity (Wildman–Crippen MR) is 107 cm³/mol. The molecule has 28 heavy (non-hydrogen) atoms. The summed E-state index contributed by atoms with van der Waals surface area (Å²) in [6, 6.07) is 15.4. The fourth-order valence-electron chi connectivity index (χ4n) is 3.53. The Bertz CT molecular complexity index is 1290. The number of hydrogen-bond acceptors (Lipinski definition) is 5. The van der Waals surface area contributed by atoms with Crippen LogP contribution < -0.4 is 10.3 Å². The minimum atomic E-state index is -0.678. The van der Waals surface area contributed by atoms with Crippen molar-refractivity contribution < 1.29 is 9.21 Å². The van der Waals surface area contributed by atoms with Crippen molar-refractivity contribution in [2.24, 2.45) is 0 Å². The summed E-state index contributed by atoms with van der Waals surface area (Å²) in [4.78, 5) is 36.5. The smallest absolute Gasteiger partial charge is 0.297 e. The Morgan fingerprint density at radius 2 is 1.75 bits per heavy atom. The first-order chi connectivity index (χ1) is 13.6. The molecule has 4 aromatic rings. The lowest BCUT2D eigenvalue weighted by Gasteiger charge is -2.23. The van der Waals surface area contributed by atoms with E-state index in [0.29, 0.717) is 16.5 Å². The van der Waals surface area contributed by atoms with Crippen LogP contribution in [-0.2, 0) is 0 Å². The van der Waals surface area contributed by atoms with Crippen LogP contribution in [0.4, 0.5) is 5.95 Å². The molecule has 1 atom stereocenters. The number of benzene rings is 2. The summed E-state index contributed by atoms with van der Waals surface area (Å²) >= 11 is 3.46. The molecule has 0 bridgehead atoms. The Kier molecular flexibility index (Phi) is 3.84. The molecule has 136 valence electrons.